The van der Waals surface area contributed by atoms with E-state index in [0.717, 1.165) is 18.9 Å². The summed E-state index contributed by atoms with van der Waals surface area (Å²) in [6.07, 6.45) is 1.19. The Bertz CT molecular complexity index is 305. The molecule has 1 atom stereocenters. The molecule has 1 aromatic rings. The van der Waals surface area contributed by atoms with Crippen molar-refractivity contribution in [1.29, 1.82) is 0 Å². The van der Waals surface area contributed by atoms with Gasteiger partial charge in [-0.15, -0.1) is 0 Å². The van der Waals surface area contributed by atoms with Crippen LogP contribution in [-0.2, 0) is 4.74 Å². The fourth-order valence-corrected chi connectivity index (χ4v) is 1.54. The molecule has 0 bridgehead atoms. The molecule has 2 nitrogen and oxygen atoms in total. The number of hydrogen-bond acceptors (Lipinski definition) is 2. The number of aliphatic imine (C=N–C) groups is 1. The van der Waals surface area contributed by atoms with E-state index in [-0.39, 0.29) is 6.10 Å². The van der Waals surface area contributed by atoms with Gasteiger partial charge in [0.2, 0.25) is 0 Å². The van der Waals surface area contributed by atoms with Gasteiger partial charge in [-0.05, 0) is 5.56 Å². The highest BCUT2D eigenvalue weighted by Gasteiger charge is 2.16. The Morgan fingerprint density at radius 3 is 2.77 bits per heavy atom. The lowest BCUT2D eigenvalue weighted by Gasteiger charge is -2.22. The summed E-state index contributed by atoms with van der Waals surface area (Å²) in [5.41, 5.74) is 1.25. The standard InChI is InChI=1S/C11H13NO/c1-9-12-8-7-11(13-9)10-5-3-2-4-6-10/h2-6,11H,7-8H2,1H3. The highest BCUT2D eigenvalue weighted by molar-refractivity contribution is 5.73. The molecule has 1 aliphatic rings. The van der Waals surface area contributed by atoms with Crippen molar-refractivity contribution in [3.8, 4) is 0 Å². The van der Waals surface area contributed by atoms with Crippen LogP contribution in [0.2, 0.25) is 0 Å². The third-order valence-electron chi connectivity index (χ3n) is 2.21. The van der Waals surface area contributed by atoms with Crippen molar-refractivity contribution in [3.05, 3.63) is 35.9 Å². The summed E-state index contributed by atoms with van der Waals surface area (Å²) in [5, 5.41) is 0. The van der Waals surface area contributed by atoms with Crippen molar-refractivity contribution in [2.75, 3.05) is 6.54 Å². The Balaban J connectivity index is 2.15. The van der Waals surface area contributed by atoms with Crippen LogP contribution in [0.15, 0.2) is 35.3 Å². The maximum absolute atomic E-state index is 5.62. The van der Waals surface area contributed by atoms with Crippen molar-refractivity contribution in [1.82, 2.24) is 0 Å². The highest BCUT2D eigenvalue weighted by Crippen LogP contribution is 2.23. The van der Waals surface area contributed by atoms with Crippen LogP contribution < -0.4 is 0 Å². The molecule has 68 valence electrons. The van der Waals surface area contributed by atoms with Crippen LogP contribution in [0.5, 0.6) is 0 Å². The molecular formula is C11H13NO. The fourth-order valence-electron chi connectivity index (χ4n) is 1.54. The molecular weight excluding hydrogens is 162 g/mol. The summed E-state index contributed by atoms with van der Waals surface area (Å²) in [6, 6.07) is 10.3. The first-order valence-corrected chi connectivity index (χ1v) is 4.59. The van der Waals surface area contributed by atoms with E-state index in [0.29, 0.717) is 0 Å². The minimum atomic E-state index is 0.207. The summed E-state index contributed by atoms with van der Waals surface area (Å²) in [4.78, 5) is 4.20. The van der Waals surface area contributed by atoms with Gasteiger partial charge in [0.15, 0.2) is 5.90 Å². The smallest absolute Gasteiger partial charge is 0.180 e. The van der Waals surface area contributed by atoms with Crippen LogP contribution in [0.4, 0.5) is 0 Å². The van der Waals surface area contributed by atoms with Crippen molar-refractivity contribution < 1.29 is 4.74 Å². The first kappa shape index (κ1) is 8.30. The second kappa shape index (κ2) is 3.60. The Morgan fingerprint density at radius 1 is 1.31 bits per heavy atom. The molecule has 0 aromatic heterocycles. The quantitative estimate of drug-likeness (QED) is 0.642. The molecule has 0 amide bonds. The van der Waals surface area contributed by atoms with Gasteiger partial charge in [0.1, 0.15) is 6.10 Å². The lowest BCUT2D eigenvalue weighted by atomic mass is 10.1. The molecule has 2 heteroatoms. The molecule has 1 aliphatic heterocycles. The maximum atomic E-state index is 5.62. The SMILES string of the molecule is CC1=NCCC(c2ccccc2)O1. The zero-order valence-corrected chi connectivity index (χ0v) is 7.73. The van der Waals surface area contributed by atoms with Gasteiger partial charge in [0.25, 0.3) is 0 Å². The fraction of sp³-hybridized carbons (Fsp3) is 0.364. The van der Waals surface area contributed by atoms with Crippen LogP contribution in [0.3, 0.4) is 0 Å². The molecule has 0 saturated heterocycles. The average Bonchev–Trinajstić information content (AvgIpc) is 2.19. The monoisotopic (exact) mass is 175 g/mol. The largest absolute Gasteiger partial charge is 0.473 e. The molecule has 2 rings (SSSR count). The van der Waals surface area contributed by atoms with E-state index in [1.54, 1.807) is 0 Å². The molecule has 1 aromatic carbocycles. The van der Waals surface area contributed by atoms with E-state index in [4.69, 9.17) is 4.74 Å². The molecule has 1 heterocycles. The Morgan fingerprint density at radius 2 is 2.08 bits per heavy atom. The van der Waals surface area contributed by atoms with Crippen LogP contribution in [0.25, 0.3) is 0 Å². The minimum absolute atomic E-state index is 0.207. The predicted molar refractivity (Wildman–Crippen MR) is 52.9 cm³/mol. The van der Waals surface area contributed by atoms with Crippen LogP contribution in [0.1, 0.15) is 25.0 Å². The molecule has 0 radical (unpaired) electrons. The molecule has 0 aliphatic carbocycles. The maximum Gasteiger partial charge on any atom is 0.180 e. The normalized spacial score (nSPS) is 21.9. The number of hydrogen-bond donors (Lipinski definition) is 0. The third kappa shape index (κ3) is 1.89. The Hall–Kier alpha value is -1.31. The van der Waals surface area contributed by atoms with E-state index >= 15 is 0 Å². The zero-order chi connectivity index (χ0) is 9.10. The van der Waals surface area contributed by atoms with E-state index < -0.39 is 0 Å². The first-order chi connectivity index (χ1) is 6.36. The molecule has 0 saturated carbocycles. The average molecular weight is 175 g/mol. The molecule has 0 N–H and O–H groups in total. The van der Waals surface area contributed by atoms with Crippen molar-refractivity contribution >= 4 is 5.90 Å². The van der Waals surface area contributed by atoms with Crippen molar-refractivity contribution in [3.63, 3.8) is 0 Å². The summed E-state index contributed by atoms with van der Waals surface area (Å²) < 4.78 is 5.62. The number of rotatable bonds is 1. The number of benzene rings is 1. The van der Waals surface area contributed by atoms with E-state index in [2.05, 4.69) is 17.1 Å². The topological polar surface area (TPSA) is 21.6 Å². The van der Waals surface area contributed by atoms with Gasteiger partial charge in [-0.25, -0.2) is 0 Å². The number of nitrogens with zero attached hydrogens (tertiary/aromatic N) is 1. The first-order valence-electron chi connectivity index (χ1n) is 4.59. The van der Waals surface area contributed by atoms with E-state index in [1.165, 1.54) is 5.56 Å². The molecule has 1 unspecified atom stereocenters. The van der Waals surface area contributed by atoms with Crippen LogP contribution in [0, 0.1) is 0 Å². The summed E-state index contributed by atoms with van der Waals surface area (Å²) in [6.45, 7) is 2.79. The minimum Gasteiger partial charge on any atom is -0.473 e. The van der Waals surface area contributed by atoms with Crippen LogP contribution in [-0.4, -0.2) is 12.4 Å². The van der Waals surface area contributed by atoms with Gasteiger partial charge in [0.05, 0.1) is 0 Å². The predicted octanol–water partition coefficient (Wildman–Crippen LogP) is 2.57. The van der Waals surface area contributed by atoms with Gasteiger partial charge in [-0.3, -0.25) is 4.99 Å². The molecule has 13 heavy (non-hydrogen) atoms. The lowest BCUT2D eigenvalue weighted by Crippen LogP contribution is -2.15. The van der Waals surface area contributed by atoms with Gasteiger partial charge in [-0.2, -0.15) is 0 Å². The Kier molecular flexibility index (Phi) is 2.30. The highest BCUT2D eigenvalue weighted by atomic mass is 16.5. The third-order valence-corrected chi connectivity index (χ3v) is 2.21. The second-order valence-electron chi connectivity index (χ2n) is 3.21. The van der Waals surface area contributed by atoms with Gasteiger partial charge < -0.3 is 4.74 Å². The molecule has 0 fully saturated rings. The number of ether oxygens (including phenoxy) is 1. The summed E-state index contributed by atoms with van der Waals surface area (Å²) in [5.74, 6) is 0.806. The van der Waals surface area contributed by atoms with E-state index in [9.17, 15) is 0 Å². The van der Waals surface area contributed by atoms with E-state index in [1.807, 2.05) is 25.1 Å². The summed E-state index contributed by atoms with van der Waals surface area (Å²) in [7, 11) is 0. The summed E-state index contributed by atoms with van der Waals surface area (Å²) >= 11 is 0. The van der Waals surface area contributed by atoms with Crippen LogP contribution >= 0.6 is 0 Å². The van der Waals surface area contributed by atoms with Gasteiger partial charge in [-0.1, -0.05) is 30.3 Å². The van der Waals surface area contributed by atoms with Crippen molar-refractivity contribution in [2.24, 2.45) is 4.99 Å². The van der Waals surface area contributed by atoms with Crippen molar-refractivity contribution in [2.45, 2.75) is 19.4 Å². The zero-order valence-electron chi connectivity index (χ0n) is 7.73. The van der Waals surface area contributed by atoms with Gasteiger partial charge >= 0.3 is 0 Å². The second-order valence-corrected chi connectivity index (χ2v) is 3.21. The Labute approximate surface area is 78.3 Å². The lowest BCUT2D eigenvalue weighted by molar-refractivity contribution is 0.167. The van der Waals surface area contributed by atoms with Gasteiger partial charge in [0, 0.05) is 19.9 Å². The molecule has 0 spiro atoms.